The van der Waals surface area contributed by atoms with Crippen LogP contribution in [0, 0.1) is 12.8 Å². The fraction of sp³-hybridized carbons (Fsp3) is 0.739. The number of ether oxygens (including phenoxy) is 4. The summed E-state index contributed by atoms with van der Waals surface area (Å²) in [5, 5.41) is 8.96. The van der Waals surface area contributed by atoms with Gasteiger partial charge in [-0.1, -0.05) is 6.92 Å². The monoisotopic (exact) mass is 564 g/mol. The van der Waals surface area contributed by atoms with Gasteiger partial charge in [-0.15, -0.1) is 0 Å². The lowest BCUT2D eigenvalue weighted by Gasteiger charge is -2.28. The Morgan fingerprint density at radius 3 is 2.39 bits per heavy atom. The second kappa shape index (κ2) is 14.7. The van der Waals surface area contributed by atoms with Gasteiger partial charge in [-0.05, 0) is 26.7 Å². The van der Waals surface area contributed by atoms with E-state index in [2.05, 4.69) is 4.98 Å². The molecule has 0 bridgehead atoms. The number of carboxylic acid groups (broad SMARTS) is 1. The van der Waals surface area contributed by atoms with Gasteiger partial charge in [0.15, 0.2) is 12.3 Å². The first kappa shape index (κ1) is 31.9. The minimum atomic E-state index is -3.55. The van der Waals surface area contributed by atoms with E-state index in [0.29, 0.717) is 0 Å². The molecule has 0 amide bonds. The maximum Gasteiger partial charge on any atom is 0.331 e. The van der Waals surface area contributed by atoms with Crippen molar-refractivity contribution in [1.82, 2.24) is 9.55 Å². The second-order valence-corrected chi connectivity index (χ2v) is 10.9. The molecule has 14 nitrogen and oxygen atoms in total. The number of aromatic nitrogens is 2. The van der Waals surface area contributed by atoms with Crippen LogP contribution in [0.5, 0.6) is 0 Å². The molecule has 0 aliphatic carbocycles. The molecule has 38 heavy (non-hydrogen) atoms. The summed E-state index contributed by atoms with van der Waals surface area (Å²) < 4.78 is 48.1. The largest absolute Gasteiger partial charge is 0.481 e. The molecule has 1 aliphatic heterocycles. The van der Waals surface area contributed by atoms with E-state index in [1.807, 2.05) is 0 Å². The van der Waals surface area contributed by atoms with Crippen molar-refractivity contribution in [3.8, 4) is 0 Å². The highest BCUT2D eigenvalue weighted by Gasteiger charge is 2.52. The third-order valence-corrected chi connectivity index (χ3v) is 8.10. The van der Waals surface area contributed by atoms with Crippen molar-refractivity contribution < 1.29 is 47.3 Å². The summed E-state index contributed by atoms with van der Waals surface area (Å²) in [7, 11) is -2.08. The zero-order valence-electron chi connectivity index (χ0n) is 22.2. The van der Waals surface area contributed by atoms with Crippen LogP contribution in [0.25, 0.3) is 0 Å². The molecule has 2 N–H and O–H groups in total. The summed E-state index contributed by atoms with van der Waals surface area (Å²) in [6, 6.07) is 0. The van der Waals surface area contributed by atoms with E-state index >= 15 is 0 Å². The van der Waals surface area contributed by atoms with Crippen LogP contribution >= 0.6 is 7.60 Å². The Morgan fingerprint density at radius 2 is 1.82 bits per heavy atom. The molecule has 0 aromatic carbocycles. The molecule has 216 valence electrons. The molecular formula is C23H37N2O12P. The molecule has 1 unspecified atom stereocenters. The number of hydrogen-bond donors (Lipinski definition) is 2. The number of rotatable bonds is 16. The average molecular weight is 565 g/mol. The van der Waals surface area contributed by atoms with Crippen molar-refractivity contribution in [2.24, 2.45) is 5.92 Å². The van der Waals surface area contributed by atoms with Gasteiger partial charge >= 0.3 is 25.2 Å². The number of carbonyl (C=O) groups is 2. The lowest BCUT2D eigenvalue weighted by atomic mass is 9.99. The van der Waals surface area contributed by atoms with Crippen LogP contribution < -0.4 is 11.2 Å². The summed E-state index contributed by atoms with van der Waals surface area (Å²) in [6.45, 7) is 7.05. The van der Waals surface area contributed by atoms with Crippen LogP contribution in [-0.4, -0.2) is 84.6 Å². The first-order valence-corrected chi connectivity index (χ1v) is 14.1. The van der Waals surface area contributed by atoms with Gasteiger partial charge in [0.25, 0.3) is 5.56 Å². The standard InChI is InChI=1S/C23H37N2O12P/c1-6-34-38(31,35-7-2)13-15(4)18-19(36-17(28)9-8-16(26)27)20(33-11-10-32-5)22(37-18)25-12-14(3)21(29)24-23(25)30/h12,15,18-20,22H,6-11,13H2,1-5H3,(H,26,27)(H,24,29,30)/t15-,18?,19-,20-,22+/m1/s1. The summed E-state index contributed by atoms with van der Waals surface area (Å²) >= 11 is 0. The SMILES string of the molecule is CCOP(=O)(C[C@@H](C)C1O[C@H](n2cc(C)c(=O)[nH]c2=O)[C@H](OCCOC)[C@@H]1OC(=O)CCC(=O)O)OCC. The number of hydrogen-bond acceptors (Lipinski definition) is 11. The van der Waals surface area contributed by atoms with E-state index in [1.165, 1.54) is 20.2 Å². The summed E-state index contributed by atoms with van der Waals surface area (Å²) in [5.41, 5.74) is -1.12. The first-order chi connectivity index (χ1) is 18.0. The highest BCUT2D eigenvalue weighted by Crippen LogP contribution is 2.51. The van der Waals surface area contributed by atoms with Crippen LogP contribution in [0.15, 0.2) is 15.8 Å². The number of H-pyrrole nitrogens is 1. The fourth-order valence-corrected chi connectivity index (χ4v) is 6.10. The average Bonchev–Trinajstić information content (AvgIpc) is 3.18. The van der Waals surface area contributed by atoms with Crippen LogP contribution in [-0.2, 0) is 42.1 Å². The van der Waals surface area contributed by atoms with Gasteiger partial charge < -0.3 is 33.1 Å². The maximum absolute atomic E-state index is 13.3. The molecule has 5 atom stereocenters. The smallest absolute Gasteiger partial charge is 0.331 e. The molecule has 1 aromatic rings. The molecule has 2 rings (SSSR count). The van der Waals surface area contributed by atoms with Gasteiger partial charge in [0.2, 0.25) is 0 Å². The number of carboxylic acids is 1. The lowest BCUT2D eigenvalue weighted by Crippen LogP contribution is -2.43. The Bertz CT molecular complexity index is 1090. The Kier molecular flexibility index (Phi) is 12.3. The highest BCUT2D eigenvalue weighted by molar-refractivity contribution is 7.53. The van der Waals surface area contributed by atoms with Crippen molar-refractivity contribution in [2.75, 3.05) is 39.7 Å². The minimum absolute atomic E-state index is 0.0405. The number of aromatic amines is 1. The van der Waals surface area contributed by atoms with E-state index in [1.54, 1.807) is 20.8 Å². The van der Waals surface area contributed by atoms with Crippen molar-refractivity contribution in [3.63, 3.8) is 0 Å². The predicted molar refractivity (Wildman–Crippen MR) is 133 cm³/mol. The molecule has 1 aliphatic rings. The van der Waals surface area contributed by atoms with Gasteiger partial charge in [0.1, 0.15) is 12.2 Å². The van der Waals surface area contributed by atoms with Crippen molar-refractivity contribution >= 4 is 19.5 Å². The summed E-state index contributed by atoms with van der Waals surface area (Å²) in [4.78, 5) is 50.5. The van der Waals surface area contributed by atoms with Crippen molar-refractivity contribution in [3.05, 3.63) is 32.6 Å². The molecule has 0 radical (unpaired) electrons. The van der Waals surface area contributed by atoms with E-state index < -0.39 is 74.1 Å². The highest BCUT2D eigenvalue weighted by atomic mass is 31.2. The number of aliphatic carboxylic acids is 1. The normalized spacial score (nSPS) is 22.3. The van der Waals surface area contributed by atoms with Gasteiger partial charge in [-0.2, -0.15) is 0 Å². The second-order valence-electron chi connectivity index (χ2n) is 8.75. The number of nitrogens with one attached hydrogen (secondary N) is 1. The number of esters is 1. The molecule has 15 heteroatoms. The predicted octanol–water partition coefficient (Wildman–Crippen LogP) is 1.45. The van der Waals surface area contributed by atoms with Gasteiger partial charge in [0, 0.05) is 18.9 Å². The third kappa shape index (κ3) is 8.58. The summed E-state index contributed by atoms with van der Waals surface area (Å²) in [5.74, 6) is -2.60. The summed E-state index contributed by atoms with van der Waals surface area (Å²) in [6.07, 6.45) is -3.96. The zero-order valence-corrected chi connectivity index (χ0v) is 23.1. The Labute approximate surface area is 220 Å². The Hall–Kier alpha value is -2.35. The minimum Gasteiger partial charge on any atom is -0.481 e. The number of carbonyl (C=O) groups excluding carboxylic acids is 1. The van der Waals surface area contributed by atoms with E-state index in [4.69, 9.17) is 33.1 Å². The van der Waals surface area contributed by atoms with Gasteiger partial charge in [0.05, 0.1) is 45.4 Å². The Morgan fingerprint density at radius 1 is 1.16 bits per heavy atom. The quantitative estimate of drug-likeness (QED) is 0.168. The van der Waals surface area contributed by atoms with Crippen molar-refractivity contribution in [2.45, 2.75) is 65.1 Å². The van der Waals surface area contributed by atoms with E-state index in [0.717, 1.165) is 4.57 Å². The third-order valence-electron chi connectivity index (χ3n) is 5.78. The molecular weight excluding hydrogens is 527 g/mol. The molecule has 2 heterocycles. The molecule has 1 fully saturated rings. The topological polar surface area (TPSA) is 182 Å². The van der Waals surface area contributed by atoms with Crippen molar-refractivity contribution in [1.29, 1.82) is 0 Å². The molecule has 0 saturated carbocycles. The van der Waals surface area contributed by atoms with Crippen LogP contribution in [0.1, 0.15) is 45.4 Å². The zero-order chi connectivity index (χ0) is 28.5. The first-order valence-electron chi connectivity index (χ1n) is 12.3. The fourth-order valence-electron chi connectivity index (χ4n) is 4.11. The molecule has 1 aromatic heterocycles. The number of aryl methyl sites for hydroxylation is 1. The molecule has 0 spiro atoms. The lowest BCUT2D eigenvalue weighted by molar-refractivity contribution is -0.161. The van der Waals surface area contributed by atoms with Gasteiger partial charge in [-0.25, -0.2) is 4.79 Å². The van der Waals surface area contributed by atoms with Crippen LogP contribution in [0.2, 0.25) is 0 Å². The molecule has 1 saturated heterocycles. The van der Waals surface area contributed by atoms with E-state index in [-0.39, 0.29) is 38.2 Å². The number of nitrogens with zero attached hydrogens (tertiary/aromatic N) is 1. The van der Waals surface area contributed by atoms with Gasteiger partial charge in [-0.3, -0.25) is 28.5 Å². The van der Waals surface area contributed by atoms with E-state index in [9.17, 15) is 23.7 Å². The van der Waals surface area contributed by atoms with Crippen LogP contribution in [0.4, 0.5) is 0 Å². The van der Waals surface area contributed by atoms with Crippen LogP contribution in [0.3, 0.4) is 0 Å². The Balaban J connectivity index is 2.51. The maximum atomic E-state index is 13.3. The number of methoxy groups -OCH3 is 1.